The first-order chi connectivity index (χ1) is 16.0. The highest BCUT2D eigenvalue weighted by atomic mass is 16.5. The number of carboxylic acid groups (broad SMARTS) is 1. The molecule has 4 N–H and O–H groups in total. The van der Waals surface area contributed by atoms with Crippen LogP contribution < -0.4 is 15.8 Å². The zero-order chi connectivity index (χ0) is 23.2. The van der Waals surface area contributed by atoms with Crippen molar-refractivity contribution in [2.24, 2.45) is 16.6 Å². The number of nitrogens with zero attached hydrogens (tertiary/aromatic N) is 2. The van der Waals surface area contributed by atoms with E-state index in [0.29, 0.717) is 42.3 Å². The summed E-state index contributed by atoms with van der Waals surface area (Å²) >= 11 is 0. The van der Waals surface area contributed by atoms with Crippen molar-refractivity contribution in [3.63, 3.8) is 0 Å². The van der Waals surface area contributed by atoms with Gasteiger partial charge in [0.2, 0.25) is 0 Å². The number of aryl methyl sites for hydroxylation is 1. The van der Waals surface area contributed by atoms with Gasteiger partial charge in [0.05, 0.1) is 24.4 Å². The third kappa shape index (κ3) is 6.79. The number of pyridine rings is 1. The van der Waals surface area contributed by atoms with Crippen LogP contribution in [-0.4, -0.2) is 41.5 Å². The molecule has 2 aliphatic rings. The second-order valence-electron chi connectivity index (χ2n) is 8.60. The Hall–Kier alpha value is -3.39. The molecule has 1 aromatic heterocycles. The van der Waals surface area contributed by atoms with Crippen LogP contribution in [0.1, 0.15) is 36.8 Å². The summed E-state index contributed by atoms with van der Waals surface area (Å²) in [5, 5.41) is 12.3. The van der Waals surface area contributed by atoms with Crippen LogP contribution in [-0.2, 0) is 16.0 Å². The van der Waals surface area contributed by atoms with Crippen LogP contribution in [0.2, 0.25) is 0 Å². The van der Waals surface area contributed by atoms with Gasteiger partial charge in [0.1, 0.15) is 11.6 Å². The summed E-state index contributed by atoms with van der Waals surface area (Å²) in [4.78, 5) is 20.0. The smallest absolute Gasteiger partial charge is 0.307 e. The van der Waals surface area contributed by atoms with Gasteiger partial charge in [-0.1, -0.05) is 6.07 Å². The first-order valence-corrected chi connectivity index (χ1v) is 11.3. The van der Waals surface area contributed by atoms with E-state index in [2.05, 4.69) is 15.3 Å². The van der Waals surface area contributed by atoms with Crippen molar-refractivity contribution in [1.82, 2.24) is 4.98 Å². The molecule has 0 spiro atoms. The molecule has 8 nitrogen and oxygen atoms in total. The molecule has 0 bridgehead atoms. The summed E-state index contributed by atoms with van der Waals surface area (Å²) in [6.45, 7) is 3.32. The number of aromatic nitrogens is 1. The lowest BCUT2D eigenvalue weighted by molar-refractivity contribution is -0.136. The van der Waals surface area contributed by atoms with E-state index in [-0.39, 0.29) is 12.3 Å². The summed E-state index contributed by atoms with van der Waals surface area (Å²) in [5.41, 5.74) is 9.67. The average Bonchev–Trinajstić information content (AvgIpc) is 3.61. The van der Waals surface area contributed by atoms with E-state index in [9.17, 15) is 4.79 Å². The maximum Gasteiger partial charge on any atom is 0.307 e. The molecule has 1 aromatic carbocycles. The summed E-state index contributed by atoms with van der Waals surface area (Å²) in [7, 11) is 0. The summed E-state index contributed by atoms with van der Waals surface area (Å²) in [6, 6.07) is 9.55. The predicted octanol–water partition coefficient (Wildman–Crippen LogP) is 3.97. The standard InChI is InChI=1S/C25H30N4O4/c1-16-10-17(13-24(30)31)12-20(11-16)29-23-14-21(4-7-27-23)33-22(15-28-19-2-3-19)25(26)18-5-8-32-9-6-18/h4,7,10-12,14-15,18-19H,2-3,5-6,8-9,13,26H2,1H3,(H,27,29)(H,30,31)/b25-22+,28-15?. The number of nitrogens with two attached hydrogens (primary N) is 1. The summed E-state index contributed by atoms with van der Waals surface area (Å²) in [5.74, 6) is 1.10. The monoisotopic (exact) mass is 450 g/mol. The number of rotatable bonds is 9. The second kappa shape index (κ2) is 10.5. The zero-order valence-corrected chi connectivity index (χ0v) is 18.8. The number of hydrogen-bond acceptors (Lipinski definition) is 7. The third-order valence-corrected chi connectivity index (χ3v) is 5.62. The second-order valence-corrected chi connectivity index (χ2v) is 8.60. The van der Waals surface area contributed by atoms with E-state index in [1.807, 2.05) is 25.1 Å². The largest absolute Gasteiger partial charge is 0.481 e. The van der Waals surface area contributed by atoms with Gasteiger partial charge >= 0.3 is 5.97 Å². The number of hydrogen-bond donors (Lipinski definition) is 3. The Morgan fingerprint density at radius 1 is 1.27 bits per heavy atom. The van der Waals surface area contributed by atoms with Crippen LogP contribution in [0.5, 0.6) is 5.75 Å². The van der Waals surface area contributed by atoms with Gasteiger partial charge in [-0.05, 0) is 61.9 Å². The molecule has 0 radical (unpaired) electrons. The molecule has 174 valence electrons. The number of benzene rings is 1. The van der Waals surface area contributed by atoms with Gasteiger partial charge in [-0.3, -0.25) is 9.79 Å². The number of anilines is 2. The van der Waals surface area contributed by atoms with Crippen LogP contribution in [0, 0.1) is 12.8 Å². The van der Waals surface area contributed by atoms with Gasteiger partial charge in [0.15, 0.2) is 5.76 Å². The molecule has 4 rings (SSSR count). The number of carboxylic acids is 1. The molecule has 8 heteroatoms. The predicted molar refractivity (Wildman–Crippen MR) is 127 cm³/mol. The van der Waals surface area contributed by atoms with Crippen LogP contribution in [0.25, 0.3) is 0 Å². The van der Waals surface area contributed by atoms with Gasteiger partial charge in [-0.25, -0.2) is 4.98 Å². The van der Waals surface area contributed by atoms with E-state index in [1.54, 1.807) is 24.5 Å². The molecule has 1 saturated heterocycles. The Morgan fingerprint density at radius 3 is 2.79 bits per heavy atom. The van der Waals surface area contributed by atoms with E-state index in [0.717, 1.165) is 42.5 Å². The fourth-order valence-electron chi connectivity index (χ4n) is 3.80. The van der Waals surface area contributed by atoms with Crippen LogP contribution in [0.4, 0.5) is 11.5 Å². The minimum atomic E-state index is -0.866. The molecular weight excluding hydrogens is 420 g/mol. The first-order valence-electron chi connectivity index (χ1n) is 11.3. The van der Waals surface area contributed by atoms with E-state index in [1.165, 1.54) is 0 Å². The van der Waals surface area contributed by atoms with Gasteiger partial charge in [-0.15, -0.1) is 0 Å². The molecule has 2 heterocycles. The Labute approximate surface area is 193 Å². The first kappa shape index (κ1) is 22.8. The van der Waals surface area contributed by atoms with Gasteiger partial charge in [0.25, 0.3) is 0 Å². The lowest BCUT2D eigenvalue weighted by Gasteiger charge is -2.23. The summed E-state index contributed by atoms with van der Waals surface area (Å²) in [6.07, 6.45) is 7.32. The fourth-order valence-corrected chi connectivity index (χ4v) is 3.80. The van der Waals surface area contributed by atoms with Crippen molar-refractivity contribution in [2.75, 3.05) is 18.5 Å². The lowest BCUT2D eigenvalue weighted by Crippen LogP contribution is -2.24. The van der Waals surface area contributed by atoms with E-state index < -0.39 is 5.97 Å². The lowest BCUT2D eigenvalue weighted by atomic mass is 9.96. The van der Waals surface area contributed by atoms with Crippen molar-refractivity contribution in [3.05, 3.63) is 59.1 Å². The van der Waals surface area contributed by atoms with Crippen LogP contribution in [0.15, 0.2) is 53.0 Å². The van der Waals surface area contributed by atoms with Crippen LogP contribution >= 0.6 is 0 Å². The van der Waals surface area contributed by atoms with Gasteiger partial charge in [0, 0.05) is 37.1 Å². The number of nitrogens with one attached hydrogen (secondary N) is 1. The highest BCUT2D eigenvalue weighted by Gasteiger charge is 2.22. The number of aliphatic imine (C=N–C) groups is 1. The van der Waals surface area contributed by atoms with Gasteiger partial charge in [-0.2, -0.15) is 0 Å². The Morgan fingerprint density at radius 2 is 2.06 bits per heavy atom. The normalized spacial score (nSPS) is 17.6. The maximum atomic E-state index is 11.1. The number of carbonyl (C=O) groups is 1. The molecule has 1 saturated carbocycles. The molecule has 33 heavy (non-hydrogen) atoms. The molecule has 0 atom stereocenters. The minimum Gasteiger partial charge on any atom is -0.481 e. The Kier molecular flexibility index (Phi) is 7.24. The zero-order valence-electron chi connectivity index (χ0n) is 18.8. The topological polar surface area (TPSA) is 119 Å². The summed E-state index contributed by atoms with van der Waals surface area (Å²) < 4.78 is 11.7. The number of aliphatic carboxylic acids is 1. The van der Waals surface area contributed by atoms with Crippen molar-refractivity contribution in [2.45, 2.75) is 45.1 Å². The molecule has 1 aliphatic heterocycles. The van der Waals surface area contributed by atoms with Crippen molar-refractivity contribution < 1.29 is 19.4 Å². The van der Waals surface area contributed by atoms with E-state index >= 15 is 0 Å². The fraction of sp³-hybridized carbons (Fsp3) is 0.400. The molecule has 0 unspecified atom stereocenters. The molecule has 2 aromatic rings. The van der Waals surface area contributed by atoms with E-state index in [4.69, 9.17) is 20.3 Å². The number of allylic oxidation sites excluding steroid dienone is 2. The van der Waals surface area contributed by atoms with Crippen LogP contribution in [0.3, 0.4) is 0 Å². The minimum absolute atomic E-state index is 0.0348. The highest BCUT2D eigenvalue weighted by Crippen LogP contribution is 2.27. The molecule has 1 aliphatic carbocycles. The van der Waals surface area contributed by atoms with Crippen molar-refractivity contribution in [3.8, 4) is 5.75 Å². The molecule has 2 fully saturated rings. The quantitative estimate of drug-likeness (QED) is 0.391. The number of ether oxygens (including phenoxy) is 2. The molecule has 0 amide bonds. The van der Waals surface area contributed by atoms with Crippen molar-refractivity contribution in [1.29, 1.82) is 0 Å². The molecular formula is C25H30N4O4. The van der Waals surface area contributed by atoms with Crippen molar-refractivity contribution >= 4 is 23.7 Å². The third-order valence-electron chi connectivity index (χ3n) is 5.62. The Bertz CT molecular complexity index is 1060. The maximum absolute atomic E-state index is 11.1. The van der Waals surface area contributed by atoms with Gasteiger partial charge < -0.3 is 25.6 Å². The average molecular weight is 451 g/mol. The highest BCUT2D eigenvalue weighted by molar-refractivity contribution is 5.78. The Balaban J connectivity index is 1.53. The SMILES string of the molecule is Cc1cc(CC(=O)O)cc(Nc2cc(O/C(C=NC3CC3)=C(/N)C3CCOCC3)ccn2)c1.